The fraction of sp³-hybridized carbons (Fsp3) is 0.375. The Morgan fingerprint density at radius 2 is 1.79 bits per heavy atom. The third-order valence-electron chi connectivity index (χ3n) is 3.05. The molecule has 100 valence electrons. The minimum Gasteiger partial charge on any atom is -0.370 e. The Labute approximate surface area is 115 Å². The lowest BCUT2D eigenvalue weighted by Crippen LogP contribution is -2.04. The zero-order valence-corrected chi connectivity index (χ0v) is 11.9. The maximum atomic E-state index is 4.52. The van der Waals surface area contributed by atoms with Gasteiger partial charge in [0.25, 0.3) is 0 Å². The van der Waals surface area contributed by atoms with Gasteiger partial charge in [0.1, 0.15) is 11.6 Å². The normalized spacial score (nSPS) is 10.5. The smallest absolute Gasteiger partial charge is 0.130 e. The van der Waals surface area contributed by atoms with Gasteiger partial charge in [0.2, 0.25) is 0 Å². The third-order valence-corrected chi connectivity index (χ3v) is 3.05. The van der Waals surface area contributed by atoms with E-state index < -0.39 is 0 Å². The van der Waals surface area contributed by atoms with E-state index in [1.807, 2.05) is 13.0 Å². The van der Waals surface area contributed by atoms with E-state index in [1.54, 1.807) is 0 Å². The molecule has 0 fully saturated rings. The van der Waals surface area contributed by atoms with Gasteiger partial charge in [-0.1, -0.05) is 38.1 Å². The van der Waals surface area contributed by atoms with Gasteiger partial charge in [0.05, 0.1) is 5.69 Å². The molecule has 2 rings (SSSR count). The molecule has 0 saturated heterocycles. The zero-order chi connectivity index (χ0) is 13.7. The van der Waals surface area contributed by atoms with Gasteiger partial charge in [-0.3, -0.25) is 0 Å². The second-order valence-electron chi connectivity index (χ2n) is 4.66. The summed E-state index contributed by atoms with van der Waals surface area (Å²) in [7, 11) is 0. The molecule has 3 heteroatoms. The third kappa shape index (κ3) is 3.53. The van der Waals surface area contributed by atoms with E-state index in [2.05, 4.69) is 53.4 Å². The molecule has 19 heavy (non-hydrogen) atoms. The topological polar surface area (TPSA) is 37.8 Å². The molecule has 0 spiro atoms. The summed E-state index contributed by atoms with van der Waals surface area (Å²) in [5.41, 5.74) is 3.47. The molecule has 0 saturated carbocycles. The standard InChI is InChI=1S/C16H21N3/c1-4-10-17-16-11-15(18-12(3)19-16)14-8-6-13(5-2)7-9-14/h6-9,11H,4-5,10H2,1-3H3,(H,17,18,19). The van der Waals surface area contributed by atoms with Gasteiger partial charge >= 0.3 is 0 Å². The van der Waals surface area contributed by atoms with E-state index in [-0.39, 0.29) is 0 Å². The SMILES string of the molecule is CCCNc1cc(-c2ccc(CC)cc2)nc(C)n1. The highest BCUT2D eigenvalue weighted by Gasteiger charge is 2.04. The number of nitrogens with zero attached hydrogens (tertiary/aromatic N) is 2. The number of aromatic nitrogens is 2. The molecule has 0 unspecified atom stereocenters. The second kappa shape index (κ2) is 6.32. The van der Waals surface area contributed by atoms with Gasteiger partial charge in [-0.05, 0) is 25.3 Å². The van der Waals surface area contributed by atoms with E-state index >= 15 is 0 Å². The molecule has 1 aromatic carbocycles. The Kier molecular flexibility index (Phi) is 4.50. The van der Waals surface area contributed by atoms with E-state index in [4.69, 9.17) is 0 Å². The van der Waals surface area contributed by atoms with Crippen molar-refractivity contribution in [3.8, 4) is 11.3 Å². The van der Waals surface area contributed by atoms with Crippen molar-refractivity contribution in [3.63, 3.8) is 0 Å². The van der Waals surface area contributed by atoms with Crippen LogP contribution < -0.4 is 5.32 Å². The van der Waals surface area contributed by atoms with Crippen LogP contribution in [-0.2, 0) is 6.42 Å². The van der Waals surface area contributed by atoms with Gasteiger partial charge in [-0.2, -0.15) is 0 Å². The molecule has 0 aliphatic rings. The van der Waals surface area contributed by atoms with Gasteiger partial charge in [-0.25, -0.2) is 9.97 Å². The van der Waals surface area contributed by atoms with E-state index in [9.17, 15) is 0 Å². The first-order chi connectivity index (χ1) is 9.22. The Morgan fingerprint density at radius 1 is 1.05 bits per heavy atom. The average Bonchev–Trinajstić information content (AvgIpc) is 2.44. The van der Waals surface area contributed by atoms with Crippen LogP contribution in [0.3, 0.4) is 0 Å². The summed E-state index contributed by atoms with van der Waals surface area (Å²) in [5.74, 6) is 1.71. The van der Waals surface area contributed by atoms with Crippen molar-refractivity contribution in [1.82, 2.24) is 9.97 Å². The number of hydrogen-bond donors (Lipinski definition) is 1. The lowest BCUT2D eigenvalue weighted by atomic mass is 10.1. The molecule has 1 heterocycles. The summed E-state index contributed by atoms with van der Waals surface area (Å²) in [6.07, 6.45) is 2.15. The lowest BCUT2D eigenvalue weighted by Gasteiger charge is -2.08. The fourth-order valence-electron chi connectivity index (χ4n) is 1.97. The Bertz CT molecular complexity index is 532. The average molecular weight is 255 g/mol. The number of rotatable bonds is 5. The molecule has 0 amide bonds. The predicted octanol–water partition coefficient (Wildman–Crippen LogP) is 3.84. The van der Waals surface area contributed by atoms with E-state index in [0.717, 1.165) is 42.3 Å². The first-order valence-corrected chi connectivity index (χ1v) is 6.91. The van der Waals surface area contributed by atoms with Crippen molar-refractivity contribution in [3.05, 3.63) is 41.7 Å². The predicted molar refractivity (Wildman–Crippen MR) is 80.4 cm³/mol. The van der Waals surface area contributed by atoms with Crippen LogP contribution in [0.2, 0.25) is 0 Å². The summed E-state index contributed by atoms with van der Waals surface area (Å²) < 4.78 is 0. The van der Waals surface area contributed by atoms with Crippen LogP contribution in [0.5, 0.6) is 0 Å². The number of hydrogen-bond acceptors (Lipinski definition) is 3. The number of benzene rings is 1. The van der Waals surface area contributed by atoms with Crippen molar-refractivity contribution >= 4 is 5.82 Å². The van der Waals surface area contributed by atoms with Crippen LogP contribution >= 0.6 is 0 Å². The first kappa shape index (κ1) is 13.5. The summed E-state index contributed by atoms with van der Waals surface area (Å²) in [4.78, 5) is 8.92. The molecule has 0 atom stereocenters. The minimum atomic E-state index is 0.802. The van der Waals surface area contributed by atoms with Crippen molar-refractivity contribution in [1.29, 1.82) is 0 Å². The number of anilines is 1. The second-order valence-corrected chi connectivity index (χ2v) is 4.66. The largest absolute Gasteiger partial charge is 0.370 e. The van der Waals surface area contributed by atoms with E-state index in [0.29, 0.717) is 0 Å². The maximum Gasteiger partial charge on any atom is 0.130 e. The molecule has 0 aliphatic carbocycles. The lowest BCUT2D eigenvalue weighted by molar-refractivity contribution is 0.955. The highest BCUT2D eigenvalue weighted by Crippen LogP contribution is 2.20. The van der Waals surface area contributed by atoms with Gasteiger partial charge in [-0.15, -0.1) is 0 Å². The van der Waals surface area contributed by atoms with Crippen LogP contribution in [0.4, 0.5) is 5.82 Å². The van der Waals surface area contributed by atoms with Gasteiger partial charge in [0, 0.05) is 18.2 Å². The van der Waals surface area contributed by atoms with Crippen molar-refractivity contribution in [2.75, 3.05) is 11.9 Å². The Balaban J connectivity index is 2.29. The quantitative estimate of drug-likeness (QED) is 0.882. The van der Waals surface area contributed by atoms with Crippen LogP contribution in [0.1, 0.15) is 31.7 Å². The molecule has 0 aliphatic heterocycles. The summed E-state index contributed by atoms with van der Waals surface area (Å²) >= 11 is 0. The summed E-state index contributed by atoms with van der Waals surface area (Å²) in [6, 6.07) is 10.6. The monoisotopic (exact) mass is 255 g/mol. The van der Waals surface area contributed by atoms with Crippen LogP contribution in [0.15, 0.2) is 30.3 Å². The van der Waals surface area contributed by atoms with E-state index in [1.165, 1.54) is 5.56 Å². The minimum absolute atomic E-state index is 0.802. The number of aryl methyl sites for hydroxylation is 2. The molecular weight excluding hydrogens is 234 g/mol. The highest BCUT2D eigenvalue weighted by atomic mass is 15.0. The van der Waals surface area contributed by atoms with Crippen molar-refractivity contribution < 1.29 is 0 Å². The fourth-order valence-corrected chi connectivity index (χ4v) is 1.97. The van der Waals surface area contributed by atoms with Crippen LogP contribution in [0.25, 0.3) is 11.3 Å². The molecule has 1 N–H and O–H groups in total. The number of nitrogens with one attached hydrogen (secondary N) is 1. The first-order valence-electron chi connectivity index (χ1n) is 6.91. The zero-order valence-electron chi connectivity index (χ0n) is 11.9. The molecular formula is C16H21N3. The molecule has 0 bridgehead atoms. The summed E-state index contributed by atoms with van der Waals surface area (Å²) in [5, 5.41) is 3.32. The van der Waals surface area contributed by atoms with Crippen molar-refractivity contribution in [2.45, 2.75) is 33.6 Å². The molecule has 1 aromatic heterocycles. The Morgan fingerprint density at radius 3 is 2.42 bits per heavy atom. The van der Waals surface area contributed by atoms with Crippen LogP contribution in [0, 0.1) is 6.92 Å². The highest BCUT2D eigenvalue weighted by molar-refractivity contribution is 5.62. The molecule has 2 aromatic rings. The van der Waals surface area contributed by atoms with Crippen molar-refractivity contribution in [2.24, 2.45) is 0 Å². The van der Waals surface area contributed by atoms with Gasteiger partial charge < -0.3 is 5.32 Å². The molecule has 3 nitrogen and oxygen atoms in total. The maximum absolute atomic E-state index is 4.52. The van der Waals surface area contributed by atoms with Gasteiger partial charge in [0.15, 0.2) is 0 Å². The van der Waals surface area contributed by atoms with Crippen LogP contribution in [-0.4, -0.2) is 16.5 Å². The molecule has 0 radical (unpaired) electrons. The summed E-state index contributed by atoms with van der Waals surface area (Å²) in [6.45, 7) is 7.17. The Hall–Kier alpha value is -1.90.